The first-order valence-electron chi connectivity index (χ1n) is 5.49. The summed E-state index contributed by atoms with van der Waals surface area (Å²) in [6.07, 6.45) is 0. The number of carbonyl (C=O) groups excluding carboxylic acids is 2. The van der Waals surface area contributed by atoms with Crippen LogP contribution in [0.4, 0.5) is 0 Å². The lowest BCUT2D eigenvalue weighted by atomic mass is 9.88. The summed E-state index contributed by atoms with van der Waals surface area (Å²) >= 11 is 0. The van der Waals surface area contributed by atoms with Gasteiger partial charge in [0.15, 0.2) is 0 Å². The molecule has 0 radical (unpaired) electrons. The molecule has 1 aromatic heterocycles. The van der Waals surface area contributed by atoms with Gasteiger partial charge >= 0.3 is 0 Å². The van der Waals surface area contributed by atoms with Crippen molar-refractivity contribution < 1.29 is 18.7 Å². The van der Waals surface area contributed by atoms with Gasteiger partial charge in [-0.25, -0.2) is 0 Å². The lowest BCUT2D eigenvalue weighted by Crippen LogP contribution is -2.20. The molecule has 0 unspecified atom stereocenters. The van der Waals surface area contributed by atoms with Gasteiger partial charge in [0.2, 0.25) is 11.6 Å². The van der Waals surface area contributed by atoms with Gasteiger partial charge in [-0.15, -0.1) is 0 Å². The van der Waals surface area contributed by atoms with Crippen molar-refractivity contribution in [2.24, 2.45) is 0 Å². The molecule has 1 aliphatic carbocycles. The number of furan rings is 1. The summed E-state index contributed by atoms with van der Waals surface area (Å²) in [7, 11) is 1.51. The standard InChI is InChI=1S/C14H10O4/c1-7-5-11-13(16)12(15)10-6-8(17-2)3-4-9(10)14(11)18-7/h3-6H,1-2H3. The maximum absolute atomic E-state index is 12.0. The molecule has 4 nitrogen and oxygen atoms in total. The number of Topliss-reactive ketones (excluding diaryl/α,β-unsaturated/α-hetero) is 2. The Bertz CT molecular complexity index is 679. The van der Waals surface area contributed by atoms with Gasteiger partial charge in [0, 0.05) is 11.1 Å². The Morgan fingerprint density at radius 2 is 1.72 bits per heavy atom. The second kappa shape index (κ2) is 3.57. The number of ether oxygens (including phenoxy) is 1. The van der Waals surface area contributed by atoms with Crippen LogP contribution in [0.1, 0.15) is 26.5 Å². The fourth-order valence-corrected chi connectivity index (χ4v) is 2.16. The molecule has 0 saturated carbocycles. The van der Waals surface area contributed by atoms with E-state index in [4.69, 9.17) is 9.15 Å². The maximum atomic E-state index is 12.0. The van der Waals surface area contributed by atoms with Crippen LogP contribution in [0, 0.1) is 6.92 Å². The van der Waals surface area contributed by atoms with Crippen molar-refractivity contribution in [3.63, 3.8) is 0 Å². The molecule has 90 valence electrons. The molecular formula is C14H10O4. The van der Waals surface area contributed by atoms with Gasteiger partial charge in [-0.1, -0.05) is 0 Å². The van der Waals surface area contributed by atoms with Gasteiger partial charge in [-0.05, 0) is 31.2 Å². The lowest BCUT2D eigenvalue weighted by Gasteiger charge is -2.13. The number of aryl methyl sites for hydroxylation is 1. The van der Waals surface area contributed by atoms with Crippen molar-refractivity contribution in [1.29, 1.82) is 0 Å². The number of ketones is 2. The van der Waals surface area contributed by atoms with E-state index >= 15 is 0 Å². The summed E-state index contributed by atoms with van der Waals surface area (Å²) < 4.78 is 10.6. The van der Waals surface area contributed by atoms with Gasteiger partial charge in [-0.2, -0.15) is 0 Å². The minimum Gasteiger partial charge on any atom is -0.497 e. The quantitative estimate of drug-likeness (QED) is 0.721. The summed E-state index contributed by atoms with van der Waals surface area (Å²) in [5.74, 6) is 0.584. The van der Waals surface area contributed by atoms with Gasteiger partial charge < -0.3 is 9.15 Å². The predicted octanol–water partition coefficient (Wildman–Crippen LogP) is 2.64. The van der Waals surface area contributed by atoms with Crippen LogP contribution in [-0.4, -0.2) is 18.7 Å². The van der Waals surface area contributed by atoms with E-state index in [0.717, 1.165) is 0 Å². The monoisotopic (exact) mass is 242 g/mol. The first kappa shape index (κ1) is 10.8. The van der Waals surface area contributed by atoms with E-state index in [9.17, 15) is 9.59 Å². The highest BCUT2D eigenvalue weighted by Gasteiger charge is 2.33. The number of fused-ring (bicyclic) bond motifs is 3. The number of benzene rings is 1. The summed E-state index contributed by atoms with van der Waals surface area (Å²) in [6, 6.07) is 6.64. The molecule has 4 heteroatoms. The number of rotatable bonds is 1. The molecule has 1 aliphatic rings. The normalized spacial score (nSPS) is 13.2. The zero-order valence-electron chi connectivity index (χ0n) is 9.94. The number of methoxy groups -OCH3 is 1. The van der Waals surface area contributed by atoms with Gasteiger partial charge in [-0.3, -0.25) is 9.59 Å². The van der Waals surface area contributed by atoms with Crippen LogP contribution in [0.15, 0.2) is 28.7 Å². The summed E-state index contributed by atoms with van der Waals surface area (Å²) in [5, 5.41) is 0. The molecule has 0 amide bonds. The number of carbonyl (C=O) groups is 2. The van der Waals surface area contributed by atoms with Gasteiger partial charge in [0.1, 0.15) is 17.3 Å². The van der Waals surface area contributed by atoms with Crippen molar-refractivity contribution >= 4 is 11.6 Å². The first-order chi connectivity index (χ1) is 8.61. The van der Waals surface area contributed by atoms with Gasteiger partial charge in [0.25, 0.3) is 0 Å². The van der Waals surface area contributed by atoms with Crippen LogP contribution < -0.4 is 4.74 Å². The van der Waals surface area contributed by atoms with Crippen LogP contribution in [0.2, 0.25) is 0 Å². The fraction of sp³-hybridized carbons (Fsp3) is 0.143. The molecule has 0 spiro atoms. The molecule has 0 aliphatic heterocycles. The average molecular weight is 242 g/mol. The van der Waals surface area contributed by atoms with E-state index in [2.05, 4.69) is 0 Å². The molecule has 18 heavy (non-hydrogen) atoms. The minimum atomic E-state index is -0.525. The van der Waals surface area contributed by atoms with Crippen molar-refractivity contribution in [2.45, 2.75) is 6.92 Å². The minimum absolute atomic E-state index is 0.334. The zero-order valence-corrected chi connectivity index (χ0v) is 9.94. The highest BCUT2D eigenvalue weighted by molar-refractivity contribution is 6.52. The van der Waals surface area contributed by atoms with Crippen molar-refractivity contribution in [1.82, 2.24) is 0 Å². The van der Waals surface area contributed by atoms with Crippen LogP contribution >= 0.6 is 0 Å². The maximum Gasteiger partial charge on any atom is 0.237 e. The Kier molecular flexibility index (Phi) is 2.13. The Morgan fingerprint density at radius 1 is 1.00 bits per heavy atom. The highest BCUT2D eigenvalue weighted by atomic mass is 16.5. The third-order valence-corrected chi connectivity index (χ3v) is 3.02. The fourth-order valence-electron chi connectivity index (χ4n) is 2.16. The SMILES string of the molecule is COc1ccc2c(c1)C(=O)C(=O)c1cc(C)oc1-2. The van der Waals surface area contributed by atoms with Crippen molar-refractivity contribution in [3.8, 4) is 17.1 Å². The third kappa shape index (κ3) is 1.32. The molecule has 0 atom stereocenters. The smallest absolute Gasteiger partial charge is 0.237 e. The van der Waals surface area contributed by atoms with E-state index in [1.54, 1.807) is 31.2 Å². The van der Waals surface area contributed by atoms with Crippen molar-refractivity contribution in [3.05, 3.63) is 41.2 Å². The Labute approximate surface area is 103 Å². The molecule has 1 aromatic carbocycles. The van der Waals surface area contributed by atoms with Crippen LogP contribution in [0.5, 0.6) is 5.75 Å². The Balaban J connectivity index is 2.32. The number of hydrogen-bond acceptors (Lipinski definition) is 4. The molecule has 1 heterocycles. The average Bonchev–Trinajstić information content (AvgIpc) is 2.77. The molecule has 0 fully saturated rings. The van der Waals surface area contributed by atoms with E-state index in [-0.39, 0.29) is 0 Å². The van der Waals surface area contributed by atoms with Crippen LogP contribution in [0.3, 0.4) is 0 Å². The summed E-state index contributed by atoms with van der Waals surface area (Å²) in [5.41, 5.74) is 1.32. The molecule has 3 rings (SSSR count). The van der Waals surface area contributed by atoms with E-state index < -0.39 is 11.6 Å². The molecule has 0 N–H and O–H groups in total. The van der Waals surface area contributed by atoms with Crippen molar-refractivity contribution in [2.75, 3.05) is 7.11 Å². The first-order valence-corrected chi connectivity index (χ1v) is 5.49. The molecular weight excluding hydrogens is 232 g/mol. The molecule has 2 aromatic rings. The van der Waals surface area contributed by atoms with E-state index in [1.165, 1.54) is 7.11 Å². The summed E-state index contributed by atoms with van der Waals surface area (Å²) in [6.45, 7) is 1.75. The molecule has 0 bridgehead atoms. The highest BCUT2D eigenvalue weighted by Crippen LogP contribution is 2.37. The Morgan fingerprint density at radius 3 is 2.44 bits per heavy atom. The second-order valence-electron chi connectivity index (χ2n) is 4.17. The van der Waals surface area contributed by atoms with E-state index in [0.29, 0.717) is 34.0 Å². The number of hydrogen-bond donors (Lipinski definition) is 0. The second-order valence-corrected chi connectivity index (χ2v) is 4.17. The topological polar surface area (TPSA) is 56.5 Å². The van der Waals surface area contributed by atoms with Crippen LogP contribution in [0.25, 0.3) is 11.3 Å². The zero-order chi connectivity index (χ0) is 12.9. The van der Waals surface area contributed by atoms with Crippen LogP contribution in [-0.2, 0) is 0 Å². The predicted molar refractivity (Wildman–Crippen MR) is 64.1 cm³/mol. The summed E-state index contributed by atoms with van der Waals surface area (Å²) in [4.78, 5) is 24.0. The molecule has 0 saturated heterocycles. The Hall–Kier alpha value is -2.36. The lowest BCUT2D eigenvalue weighted by molar-refractivity contribution is 0.0814. The third-order valence-electron chi connectivity index (χ3n) is 3.02. The van der Waals surface area contributed by atoms with Gasteiger partial charge in [0.05, 0.1) is 12.7 Å². The largest absolute Gasteiger partial charge is 0.497 e. The van der Waals surface area contributed by atoms with E-state index in [1.807, 2.05) is 0 Å².